The summed E-state index contributed by atoms with van der Waals surface area (Å²) in [6.07, 6.45) is 1.59. The number of aromatic nitrogens is 2. The summed E-state index contributed by atoms with van der Waals surface area (Å²) < 4.78 is 36.7. The van der Waals surface area contributed by atoms with Crippen LogP contribution in [0.4, 0.5) is 14.6 Å². The normalized spacial score (nSPS) is 10.9. The molecule has 0 saturated heterocycles. The number of nitrogen functional groups attached to an aromatic ring is 1. The standard InChI is InChI=1S/C13H14BrF2N3O2/c1-2-20-11-5-8(3-4-10(11)21-13(15)16)7-19-12(17)9(14)6-18-19/h3-6,13H,2,7,17H2,1H3. The van der Waals surface area contributed by atoms with E-state index in [4.69, 9.17) is 10.5 Å². The molecule has 0 amide bonds. The minimum atomic E-state index is -2.90. The van der Waals surface area contributed by atoms with Gasteiger partial charge in [-0.25, -0.2) is 4.68 Å². The van der Waals surface area contributed by atoms with Crippen molar-refractivity contribution in [2.24, 2.45) is 0 Å². The maximum Gasteiger partial charge on any atom is 0.387 e. The van der Waals surface area contributed by atoms with Crippen LogP contribution in [0, 0.1) is 0 Å². The summed E-state index contributed by atoms with van der Waals surface area (Å²) in [5.41, 5.74) is 6.65. The van der Waals surface area contributed by atoms with E-state index >= 15 is 0 Å². The van der Waals surface area contributed by atoms with Crippen LogP contribution in [0.1, 0.15) is 12.5 Å². The van der Waals surface area contributed by atoms with Crippen LogP contribution in [0.3, 0.4) is 0 Å². The molecule has 114 valence electrons. The molecule has 2 aromatic rings. The molecule has 0 spiro atoms. The number of alkyl halides is 2. The molecule has 0 aliphatic rings. The van der Waals surface area contributed by atoms with Crippen LogP contribution in [-0.4, -0.2) is 23.0 Å². The Hall–Kier alpha value is -1.83. The first-order valence-electron chi connectivity index (χ1n) is 6.18. The number of ether oxygens (including phenoxy) is 2. The second kappa shape index (κ2) is 6.75. The number of rotatable bonds is 6. The summed E-state index contributed by atoms with van der Waals surface area (Å²) in [4.78, 5) is 0. The highest BCUT2D eigenvalue weighted by Gasteiger charge is 2.12. The number of nitrogens with two attached hydrogens (primary N) is 1. The van der Waals surface area contributed by atoms with Crippen LogP contribution >= 0.6 is 15.9 Å². The van der Waals surface area contributed by atoms with Crippen LogP contribution in [-0.2, 0) is 6.54 Å². The topological polar surface area (TPSA) is 62.3 Å². The van der Waals surface area contributed by atoms with Crippen molar-refractivity contribution < 1.29 is 18.3 Å². The fraction of sp³-hybridized carbons (Fsp3) is 0.308. The van der Waals surface area contributed by atoms with E-state index in [2.05, 4.69) is 25.8 Å². The van der Waals surface area contributed by atoms with Gasteiger partial charge < -0.3 is 15.2 Å². The van der Waals surface area contributed by atoms with Crippen molar-refractivity contribution in [2.45, 2.75) is 20.1 Å². The molecule has 0 aliphatic heterocycles. The zero-order valence-electron chi connectivity index (χ0n) is 11.2. The Kier molecular flexibility index (Phi) is 5.00. The lowest BCUT2D eigenvalue weighted by atomic mass is 10.2. The molecule has 0 bridgehead atoms. The van der Waals surface area contributed by atoms with E-state index in [9.17, 15) is 8.78 Å². The fourth-order valence-electron chi connectivity index (χ4n) is 1.78. The first kappa shape index (κ1) is 15.6. The SMILES string of the molecule is CCOc1cc(Cn2ncc(Br)c2N)ccc1OC(F)F. The summed E-state index contributed by atoms with van der Waals surface area (Å²) >= 11 is 3.27. The van der Waals surface area contributed by atoms with Crippen LogP contribution in [0.15, 0.2) is 28.9 Å². The Bertz CT molecular complexity index is 619. The largest absolute Gasteiger partial charge is 0.490 e. The quantitative estimate of drug-likeness (QED) is 0.857. The summed E-state index contributed by atoms with van der Waals surface area (Å²) in [6.45, 7) is -0.389. The molecule has 0 saturated carbocycles. The van der Waals surface area contributed by atoms with Crippen LogP contribution < -0.4 is 15.2 Å². The lowest BCUT2D eigenvalue weighted by molar-refractivity contribution is -0.0514. The number of hydrogen-bond acceptors (Lipinski definition) is 4. The molecular formula is C13H14BrF2N3O2. The second-order valence-corrected chi connectivity index (χ2v) is 4.98. The Morgan fingerprint density at radius 3 is 2.71 bits per heavy atom. The van der Waals surface area contributed by atoms with Crippen LogP contribution in [0.2, 0.25) is 0 Å². The molecule has 1 heterocycles. The Morgan fingerprint density at radius 2 is 2.14 bits per heavy atom. The predicted octanol–water partition coefficient (Wildman–Crippen LogP) is 3.28. The highest BCUT2D eigenvalue weighted by Crippen LogP contribution is 2.30. The summed E-state index contributed by atoms with van der Waals surface area (Å²) in [5, 5.41) is 4.11. The molecule has 5 nitrogen and oxygen atoms in total. The summed E-state index contributed by atoms with van der Waals surface area (Å²) in [5.74, 6) is 0.756. The highest BCUT2D eigenvalue weighted by atomic mass is 79.9. The summed E-state index contributed by atoms with van der Waals surface area (Å²) in [7, 11) is 0. The fourth-order valence-corrected chi connectivity index (χ4v) is 2.08. The molecule has 21 heavy (non-hydrogen) atoms. The molecule has 2 N–H and O–H groups in total. The first-order chi connectivity index (χ1) is 10.0. The summed E-state index contributed by atoms with van der Waals surface area (Å²) in [6, 6.07) is 4.74. The molecule has 0 aliphatic carbocycles. The highest BCUT2D eigenvalue weighted by molar-refractivity contribution is 9.10. The number of benzene rings is 1. The van der Waals surface area contributed by atoms with E-state index in [0.29, 0.717) is 23.4 Å². The first-order valence-corrected chi connectivity index (χ1v) is 6.98. The Labute approximate surface area is 128 Å². The van der Waals surface area contributed by atoms with Gasteiger partial charge in [0.15, 0.2) is 11.5 Å². The lowest BCUT2D eigenvalue weighted by Gasteiger charge is -2.13. The van der Waals surface area contributed by atoms with Crippen molar-refractivity contribution in [1.82, 2.24) is 9.78 Å². The third kappa shape index (κ3) is 3.84. The van der Waals surface area contributed by atoms with Crippen molar-refractivity contribution in [3.05, 3.63) is 34.4 Å². The third-order valence-corrected chi connectivity index (χ3v) is 3.30. The predicted molar refractivity (Wildman–Crippen MR) is 77.7 cm³/mol. The van der Waals surface area contributed by atoms with Gasteiger partial charge in [0.1, 0.15) is 5.82 Å². The number of halogens is 3. The number of anilines is 1. The van der Waals surface area contributed by atoms with Crippen molar-refractivity contribution >= 4 is 21.7 Å². The van der Waals surface area contributed by atoms with Crippen LogP contribution in [0.5, 0.6) is 11.5 Å². The molecule has 0 unspecified atom stereocenters. The van der Waals surface area contributed by atoms with Crippen molar-refractivity contribution in [1.29, 1.82) is 0 Å². The molecule has 2 rings (SSSR count). The van der Waals surface area contributed by atoms with E-state index in [1.54, 1.807) is 29.9 Å². The van der Waals surface area contributed by atoms with E-state index in [0.717, 1.165) is 5.56 Å². The average molecular weight is 362 g/mol. The number of nitrogens with zero attached hydrogens (tertiary/aromatic N) is 2. The molecule has 0 atom stereocenters. The van der Waals surface area contributed by atoms with Gasteiger partial charge >= 0.3 is 6.61 Å². The van der Waals surface area contributed by atoms with Gasteiger partial charge in [0.25, 0.3) is 0 Å². The van der Waals surface area contributed by atoms with Gasteiger partial charge in [-0.2, -0.15) is 13.9 Å². The second-order valence-electron chi connectivity index (χ2n) is 4.13. The van der Waals surface area contributed by atoms with Crippen molar-refractivity contribution in [2.75, 3.05) is 12.3 Å². The molecular weight excluding hydrogens is 348 g/mol. The zero-order chi connectivity index (χ0) is 15.4. The molecule has 1 aromatic heterocycles. The maximum absolute atomic E-state index is 12.3. The van der Waals surface area contributed by atoms with Crippen molar-refractivity contribution in [3.63, 3.8) is 0 Å². The van der Waals surface area contributed by atoms with Gasteiger partial charge in [0, 0.05) is 0 Å². The maximum atomic E-state index is 12.3. The molecule has 0 radical (unpaired) electrons. The Balaban J connectivity index is 2.24. The van der Waals surface area contributed by atoms with E-state index < -0.39 is 6.61 Å². The van der Waals surface area contributed by atoms with Gasteiger partial charge in [-0.1, -0.05) is 6.07 Å². The smallest absolute Gasteiger partial charge is 0.387 e. The van der Waals surface area contributed by atoms with Crippen LogP contribution in [0.25, 0.3) is 0 Å². The molecule has 8 heteroatoms. The lowest BCUT2D eigenvalue weighted by Crippen LogP contribution is -2.08. The monoisotopic (exact) mass is 361 g/mol. The average Bonchev–Trinajstić information content (AvgIpc) is 2.73. The van der Waals surface area contributed by atoms with Gasteiger partial charge in [-0.15, -0.1) is 0 Å². The zero-order valence-corrected chi connectivity index (χ0v) is 12.8. The molecule has 0 fully saturated rings. The minimum Gasteiger partial charge on any atom is -0.490 e. The van der Waals surface area contributed by atoms with E-state index in [1.807, 2.05) is 0 Å². The third-order valence-electron chi connectivity index (χ3n) is 2.69. The van der Waals surface area contributed by atoms with E-state index in [1.165, 1.54) is 6.07 Å². The van der Waals surface area contributed by atoms with Crippen molar-refractivity contribution in [3.8, 4) is 11.5 Å². The van der Waals surface area contributed by atoms with E-state index in [-0.39, 0.29) is 11.5 Å². The minimum absolute atomic E-state index is 0.00483. The van der Waals surface area contributed by atoms with Gasteiger partial charge in [-0.05, 0) is 40.5 Å². The van der Waals surface area contributed by atoms with Gasteiger partial charge in [0.2, 0.25) is 0 Å². The Morgan fingerprint density at radius 1 is 1.38 bits per heavy atom. The van der Waals surface area contributed by atoms with Gasteiger partial charge in [0.05, 0.1) is 23.8 Å². The van der Waals surface area contributed by atoms with Gasteiger partial charge in [-0.3, -0.25) is 0 Å². The molecule has 1 aromatic carbocycles. The number of hydrogen-bond donors (Lipinski definition) is 1.